The summed E-state index contributed by atoms with van der Waals surface area (Å²) in [4.78, 5) is 39.4. The van der Waals surface area contributed by atoms with Crippen LogP contribution in [0.5, 0.6) is 5.75 Å². The average molecular weight is 510 g/mol. The van der Waals surface area contributed by atoms with Gasteiger partial charge in [-0.15, -0.1) is 0 Å². The van der Waals surface area contributed by atoms with E-state index in [1.165, 1.54) is 11.1 Å². The molecule has 5 heterocycles. The third kappa shape index (κ3) is 3.76. The molecule has 10 heteroatoms. The summed E-state index contributed by atoms with van der Waals surface area (Å²) in [5, 5.41) is 3.76. The lowest BCUT2D eigenvalue weighted by Crippen LogP contribution is -2.39. The fourth-order valence-corrected chi connectivity index (χ4v) is 5.48. The van der Waals surface area contributed by atoms with E-state index in [4.69, 9.17) is 9.72 Å². The van der Waals surface area contributed by atoms with Crippen molar-refractivity contribution in [1.29, 1.82) is 0 Å². The molecule has 2 bridgehead atoms. The Morgan fingerprint density at radius 3 is 2.87 bits per heavy atom. The van der Waals surface area contributed by atoms with Crippen LogP contribution in [0.15, 0.2) is 59.5 Å². The van der Waals surface area contributed by atoms with E-state index >= 15 is 0 Å². The minimum absolute atomic E-state index is 0.0227. The Morgan fingerprint density at radius 2 is 1.95 bits per heavy atom. The Balaban J connectivity index is 1.34. The molecule has 0 spiro atoms. The molecule has 38 heavy (non-hydrogen) atoms. The lowest BCUT2D eigenvalue weighted by molar-refractivity contribution is -0.121. The lowest BCUT2D eigenvalue weighted by atomic mass is 9.99. The Hall–Kier alpha value is -4.44. The standard InChI is InChI=1S/C28H27N7O3/c1-32-12-9-18-13-20(6-5-19(18)16-32)30-28-29-15-22-26(31-28)35-21-7-8-24-23(14-21)33(25(36)17-38-24)10-3-2-4-11-34(35)27(22)37/h2,4-8,13-15H,3,9-12,16-17H2,1H3,(H,29,30,31)/b4-2+. The topological polar surface area (TPSA) is 97.5 Å². The largest absolute Gasteiger partial charge is 0.482 e. The number of benzene rings is 2. The smallest absolute Gasteiger partial charge is 0.278 e. The molecule has 1 amide bonds. The number of likely N-dealkylation sites (N-methyl/N-ethyl adjacent to an activating group) is 1. The maximum absolute atomic E-state index is 13.4. The van der Waals surface area contributed by atoms with Crippen molar-refractivity contribution < 1.29 is 9.53 Å². The maximum atomic E-state index is 13.4. The number of ether oxygens (including phenoxy) is 1. The van der Waals surface area contributed by atoms with E-state index in [9.17, 15) is 9.59 Å². The van der Waals surface area contributed by atoms with Gasteiger partial charge >= 0.3 is 0 Å². The molecule has 192 valence electrons. The van der Waals surface area contributed by atoms with Crippen LogP contribution in [0.3, 0.4) is 0 Å². The van der Waals surface area contributed by atoms with Gasteiger partial charge in [-0.05, 0) is 61.3 Å². The second-order valence-electron chi connectivity index (χ2n) is 9.97. The van der Waals surface area contributed by atoms with Crippen molar-refractivity contribution in [3.8, 4) is 11.4 Å². The fraction of sp³-hybridized carbons (Fsp3) is 0.286. The first-order valence-corrected chi connectivity index (χ1v) is 12.8. The number of aromatic nitrogens is 4. The van der Waals surface area contributed by atoms with Crippen molar-refractivity contribution >= 4 is 34.3 Å². The molecule has 0 radical (unpaired) electrons. The molecule has 3 aliphatic rings. The van der Waals surface area contributed by atoms with E-state index in [0.29, 0.717) is 47.9 Å². The van der Waals surface area contributed by atoms with Gasteiger partial charge in [0, 0.05) is 31.5 Å². The Morgan fingerprint density at radius 1 is 1.03 bits per heavy atom. The molecule has 0 atom stereocenters. The molecular weight excluding hydrogens is 482 g/mol. The van der Waals surface area contributed by atoms with Crippen molar-refractivity contribution in [2.75, 3.05) is 37.0 Å². The van der Waals surface area contributed by atoms with Gasteiger partial charge in [0.15, 0.2) is 12.3 Å². The van der Waals surface area contributed by atoms with E-state index in [0.717, 1.165) is 30.9 Å². The first kappa shape index (κ1) is 22.7. The highest BCUT2D eigenvalue weighted by Gasteiger charge is 2.27. The summed E-state index contributed by atoms with van der Waals surface area (Å²) < 4.78 is 9.14. The van der Waals surface area contributed by atoms with Gasteiger partial charge in [0.1, 0.15) is 11.1 Å². The van der Waals surface area contributed by atoms with E-state index < -0.39 is 0 Å². The quantitative estimate of drug-likeness (QED) is 0.415. The van der Waals surface area contributed by atoms with E-state index in [2.05, 4.69) is 34.4 Å². The number of hydrogen-bond donors (Lipinski definition) is 1. The molecule has 0 saturated carbocycles. The zero-order valence-corrected chi connectivity index (χ0v) is 21.1. The zero-order valence-electron chi connectivity index (χ0n) is 21.1. The van der Waals surface area contributed by atoms with Crippen LogP contribution >= 0.6 is 0 Å². The Labute approximate surface area is 218 Å². The second kappa shape index (κ2) is 8.84. The summed E-state index contributed by atoms with van der Waals surface area (Å²) in [6.45, 7) is 2.92. The molecule has 0 unspecified atom stereocenters. The van der Waals surface area contributed by atoms with Crippen LogP contribution in [0.1, 0.15) is 17.5 Å². The first-order chi connectivity index (χ1) is 18.5. The molecule has 3 aliphatic heterocycles. The van der Waals surface area contributed by atoms with Crippen LogP contribution in [-0.2, 0) is 24.3 Å². The predicted octanol–water partition coefficient (Wildman–Crippen LogP) is 3.00. The zero-order chi connectivity index (χ0) is 25.8. The van der Waals surface area contributed by atoms with Crippen LogP contribution < -0.4 is 20.5 Å². The van der Waals surface area contributed by atoms with Crippen LogP contribution in [-0.4, -0.2) is 56.9 Å². The number of amides is 1. The van der Waals surface area contributed by atoms with Gasteiger partial charge in [-0.2, -0.15) is 4.98 Å². The van der Waals surface area contributed by atoms with Crippen LogP contribution in [0.25, 0.3) is 16.7 Å². The van der Waals surface area contributed by atoms with Crippen LogP contribution in [0, 0.1) is 0 Å². The number of nitrogens with one attached hydrogen (secondary N) is 1. The van der Waals surface area contributed by atoms with Crippen LogP contribution in [0.4, 0.5) is 17.3 Å². The summed E-state index contributed by atoms with van der Waals surface area (Å²) >= 11 is 0. The predicted molar refractivity (Wildman–Crippen MR) is 144 cm³/mol. The number of allylic oxidation sites excluding steroid dienone is 1. The average Bonchev–Trinajstić information content (AvgIpc) is 3.18. The van der Waals surface area contributed by atoms with Gasteiger partial charge in [0.05, 0.1) is 17.9 Å². The molecule has 10 nitrogen and oxygen atoms in total. The Kier molecular flexibility index (Phi) is 5.29. The Bertz CT molecular complexity index is 1690. The van der Waals surface area contributed by atoms with Gasteiger partial charge in [0.2, 0.25) is 5.95 Å². The number of hydrogen-bond acceptors (Lipinski definition) is 7. The molecule has 7 rings (SSSR count). The van der Waals surface area contributed by atoms with E-state index in [1.54, 1.807) is 20.5 Å². The minimum Gasteiger partial charge on any atom is -0.482 e. The van der Waals surface area contributed by atoms with Gasteiger partial charge in [-0.25, -0.2) is 14.3 Å². The van der Waals surface area contributed by atoms with Gasteiger partial charge < -0.3 is 19.9 Å². The van der Waals surface area contributed by atoms with Crippen molar-refractivity contribution in [2.24, 2.45) is 0 Å². The molecule has 0 saturated heterocycles. The summed E-state index contributed by atoms with van der Waals surface area (Å²) in [6, 6.07) is 12.0. The SMILES string of the molecule is CN1CCc2cc(Nc3ncc4c(=O)n5n(c4n3)-c3ccc4c(c3)N(CC/C=C/C5)C(=O)CO4)ccc2C1. The number of anilines is 3. The summed E-state index contributed by atoms with van der Waals surface area (Å²) in [5.41, 5.74) is 5.31. The lowest BCUT2D eigenvalue weighted by Gasteiger charge is -2.29. The first-order valence-electron chi connectivity index (χ1n) is 12.8. The van der Waals surface area contributed by atoms with Crippen LogP contribution in [0.2, 0.25) is 0 Å². The maximum Gasteiger partial charge on any atom is 0.278 e. The molecule has 0 aliphatic carbocycles. The summed E-state index contributed by atoms with van der Waals surface area (Å²) in [6.07, 6.45) is 7.21. The third-order valence-corrected chi connectivity index (χ3v) is 7.44. The van der Waals surface area contributed by atoms with Crippen molar-refractivity contribution in [3.05, 3.63) is 76.2 Å². The van der Waals surface area contributed by atoms with Gasteiger partial charge in [0.25, 0.3) is 11.5 Å². The van der Waals surface area contributed by atoms with E-state index in [1.807, 2.05) is 36.4 Å². The summed E-state index contributed by atoms with van der Waals surface area (Å²) in [5.74, 6) is 0.981. The second-order valence-corrected chi connectivity index (χ2v) is 9.97. The molecule has 2 aromatic carbocycles. The molecule has 1 N–H and O–H groups in total. The van der Waals surface area contributed by atoms with Crippen molar-refractivity contribution in [3.63, 3.8) is 0 Å². The normalized spacial score (nSPS) is 17.8. The fourth-order valence-electron chi connectivity index (χ4n) is 5.48. The third-order valence-electron chi connectivity index (χ3n) is 7.44. The summed E-state index contributed by atoms with van der Waals surface area (Å²) in [7, 11) is 2.13. The molecular formula is C28H27N7O3. The van der Waals surface area contributed by atoms with Gasteiger partial charge in [-0.3, -0.25) is 9.59 Å². The van der Waals surface area contributed by atoms with Crippen molar-refractivity contribution in [1.82, 2.24) is 24.2 Å². The highest BCUT2D eigenvalue weighted by atomic mass is 16.5. The highest BCUT2D eigenvalue weighted by Crippen LogP contribution is 2.35. The number of fused-ring (bicyclic) bond motifs is 6. The number of carbonyl (C=O) groups excluding carboxylic acids is 1. The van der Waals surface area contributed by atoms with Crippen molar-refractivity contribution in [2.45, 2.75) is 25.9 Å². The van der Waals surface area contributed by atoms with E-state index in [-0.39, 0.29) is 18.1 Å². The number of carbonyl (C=O) groups is 1. The number of rotatable bonds is 2. The highest BCUT2D eigenvalue weighted by molar-refractivity contribution is 5.98. The molecule has 4 aromatic rings. The molecule has 2 aromatic heterocycles. The minimum atomic E-state index is -0.171. The van der Waals surface area contributed by atoms with Gasteiger partial charge in [-0.1, -0.05) is 18.2 Å². The molecule has 0 fully saturated rings. The monoisotopic (exact) mass is 509 g/mol. The number of nitrogens with zero attached hydrogens (tertiary/aromatic N) is 6.